The number of carbonyl (C=O) groups excluding carboxylic acids is 1. The van der Waals surface area contributed by atoms with Gasteiger partial charge in [0.15, 0.2) is 6.61 Å². The molecule has 2 aromatic rings. The summed E-state index contributed by atoms with van der Waals surface area (Å²) >= 11 is 0. The SMILES string of the molecule is Cc1cccc(COc2ccc3c(c2)OCC3=O)c1. The van der Waals surface area contributed by atoms with Crippen molar-refractivity contribution in [3.8, 4) is 11.5 Å². The standard InChI is InChI=1S/C16H14O3/c1-11-3-2-4-12(7-11)9-18-13-5-6-14-15(17)10-19-16(14)8-13/h2-8H,9-10H2,1H3. The topological polar surface area (TPSA) is 35.5 Å². The van der Waals surface area contributed by atoms with Gasteiger partial charge in [-0.15, -0.1) is 0 Å². The molecule has 3 nitrogen and oxygen atoms in total. The van der Waals surface area contributed by atoms with Gasteiger partial charge in [-0.05, 0) is 24.6 Å². The summed E-state index contributed by atoms with van der Waals surface area (Å²) in [7, 11) is 0. The summed E-state index contributed by atoms with van der Waals surface area (Å²) in [6.45, 7) is 2.70. The fraction of sp³-hybridized carbons (Fsp3) is 0.188. The molecule has 0 spiro atoms. The second kappa shape index (κ2) is 4.76. The van der Waals surface area contributed by atoms with Crippen LogP contribution in [0, 0.1) is 6.92 Å². The van der Waals surface area contributed by atoms with Gasteiger partial charge in [-0.1, -0.05) is 29.8 Å². The van der Waals surface area contributed by atoms with Crippen molar-refractivity contribution in [3.63, 3.8) is 0 Å². The summed E-state index contributed by atoms with van der Waals surface area (Å²) in [6, 6.07) is 13.5. The number of ketones is 1. The minimum Gasteiger partial charge on any atom is -0.489 e. The number of aryl methyl sites for hydroxylation is 1. The minimum absolute atomic E-state index is 0.0280. The smallest absolute Gasteiger partial charge is 0.203 e. The highest BCUT2D eigenvalue weighted by atomic mass is 16.5. The highest BCUT2D eigenvalue weighted by molar-refractivity contribution is 6.02. The molecule has 0 atom stereocenters. The third-order valence-electron chi connectivity index (χ3n) is 3.10. The molecular formula is C16H14O3. The molecule has 0 unspecified atom stereocenters. The Balaban J connectivity index is 1.73. The molecule has 0 fully saturated rings. The van der Waals surface area contributed by atoms with Crippen molar-refractivity contribution in [2.45, 2.75) is 13.5 Å². The van der Waals surface area contributed by atoms with E-state index >= 15 is 0 Å². The first kappa shape index (κ1) is 11.8. The van der Waals surface area contributed by atoms with Crippen LogP contribution in [0.1, 0.15) is 21.5 Å². The summed E-state index contributed by atoms with van der Waals surface area (Å²) in [5.41, 5.74) is 2.98. The maximum Gasteiger partial charge on any atom is 0.203 e. The molecule has 0 saturated carbocycles. The van der Waals surface area contributed by atoms with Gasteiger partial charge < -0.3 is 9.47 Å². The molecule has 3 rings (SSSR count). The molecule has 1 heterocycles. The number of hydrogen-bond donors (Lipinski definition) is 0. The van der Waals surface area contributed by atoms with Crippen LogP contribution in [-0.4, -0.2) is 12.4 Å². The highest BCUT2D eigenvalue weighted by Crippen LogP contribution is 2.29. The van der Waals surface area contributed by atoms with Crippen LogP contribution in [0.4, 0.5) is 0 Å². The van der Waals surface area contributed by atoms with Crippen LogP contribution >= 0.6 is 0 Å². The van der Waals surface area contributed by atoms with E-state index in [2.05, 4.69) is 19.1 Å². The van der Waals surface area contributed by atoms with E-state index in [1.165, 1.54) is 5.56 Å². The minimum atomic E-state index is 0.0280. The molecule has 19 heavy (non-hydrogen) atoms. The van der Waals surface area contributed by atoms with Crippen LogP contribution in [-0.2, 0) is 6.61 Å². The van der Waals surface area contributed by atoms with Crippen molar-refractivity contribution in [1.29, 1.82) is 0 Å². The molecule has 0 aromatic heterocycles. The molecular weight excluding hydrogens is 240 g/mol. The summed E-state index contributed by atoms with van der Waals surface area (Å²) in [5, 5.41) is 0. The van der Waals surface area contributed by atoms with Gasteiger partial charge in [0.25, 0.3) is 0 Å². The van der Waals surface area contributed by atoms with E-state index in [9.17, 15) is 4.79 Å². The zero-order valence-electron chi connectivity index (χ0n) is 10.7. The van der Waals surface area contributed by atoms with Gasteiger partial charge in [-0.2, -0.15) is 0 Å². The first-order valence-electron chi connectivity index (χ1n) is 6.21. The Bertz CT molecular complexity index is 632. The van der Waals surface area contributed by atoms with Crippen LogP contribution in [0.3, 0.4) is 0 Å². The van der Waals surface area contributed by atoms with E-state index in [4.69, 9.17) is 9.47 Å². The average molecular weight is 254 g/mol. The maximum absolute atomic E-state index is 11.4. The number of rotatable bonds is 3. The van der Waals surface area contributed by atoms with Gasteiger partial charge in [0.2, 0.25) is 5.78 Å². The van der Waals surface area contributed by atoms with Gasteiger partial charge >= 0.3 is 0 Å². The van der Waals surface area contributed by atoms with Crippen molar-refractivity contribution in [3.05, 3.63) is 59.2 Å². The molecule has 0 N–H and O–H groups in total. The summed E-state index contributed by atoms with van der Waals surface area (Å²) < 4.78 is 11.0. The third-order valence-corrected chi connectivity index (χ3v) is 3.10. The Morgan fingerprint density at radius 2 is 2.11 bits per heavy atom. The molecule has 2 aromatic carbocycles. The molecule has 0 saturated heterocycles. The number of Topliss-reactive ketones (excluding diaryl/α,β-unsaturated/α-hetero) is 1. The van der Waals surface area contributed by atoms with Crippen LogP contribution < -0.4 is 9.47 Å². The van der Waals surface area contributed by atoms with Gasteiger partial charge in [-0.25, -0.2) is 0 Å². The Morgan fingerprint density at radius 3 is 2.95 bits per heavy atom. The molecule has 0 radical (unpaired) electrons. The van der Waals surface area contributed by atoms with Crippen LogP contribution in [0.5, 0.6) is 11.5 Å². The van der Waals surface area contributed by atoms with Gasteiger partial charge in [0, 0.05) is 6.07 Å². The number of carbonyl (C=O) groups is 1. The predicted molar refractivity (Wildman–Crippen MR) is 71.8 cm³/mol. The molecule has 0 aliphatic carbocycles. The van der Waals surface area contributed by atoms with Gasteiger partial charge in [-0.3, -0.25) is 4.79 Å². The second-order valence-corrected chi connectivity index (χ2v) is 4.65. The molecule has 1 aliphatic rings. The lowest BCUT2D eigenvalue weighted by Gasteiger charge is -2.08. The zero-order valence-corrected chi connectivity index (χ0v) is 10.7. The molecule has 0 bridgehead atoms. The predicted octanol–water partition coefficient (Wildman–Crippen LogP) is 3.15. The summed E-state index contributed by atoms with van der Waals surface area (Å²) in [6.07, 6.45) is 0. The Hall–Kier alpha value is -2.29. The van der Waals surface area contributed by atoms with Crippen molar-refractivity contribution >= 4 is 5.78 Å². The van der Waals surface area contributed by atoms with Gasteiger partial charge in [0.1, 0.15) is 18.1 Å². The van der Waals surface area contributed by atoms with E-state index < -0.39 is 0 Å². The quantitative estimate of drug-likeness (QED) is 0.844. The number of benzene rings is 2. The Labute approximate surface area is 111 Å². The lowest BCUT2D eigenvalue weighted by Crippen LogP contribution is -1.98. The first-order valence-corrected chi connectivity index (χ1v) is 6.21. The maximum atomic E-state index is 11.4. The number of ether oxygens (including phenoxy) is 2. The lowest BCUT2D eigenvalue weighted by molar-refractivity contribution is 0.0961. The third kappa shape index (κ3) is 2.45. The highest BCUT2D eigenvalue weighted by Gasteiger charge is 2.21. The molecule has 96 valence electrons. The lowest BCUT2D eigenvalue weighted by atomic mass is 10.1. The van der Waals surface area contributed by atoms with E-state index in [0.29, 0.717) is 17.9 Å². The normalized spacial score (nSPS) is 13.0. The zero-order chi connectivity index (χ0) is 13.2. The van der Waals surface area contributed by atoms with Crippen molar-refractivity contribution in [2.75, 3.05) is 6.61 Å². The number of hydrogen-bond acceptors (Lipinski definition) is 3. The van der Waals surface area contributed by atoms with Gasteiger partial charge in [0.05, 0.1) is 5.56 Å². The summed E-state index contributed by atoms with van der Waals surface area (Å²) in [4.78, 5) is 11.4. The van der Waals surface area contributed by atoms with Crippen LogP contribution in [0.2, 0.25) is 0 Å². The van der Waals surface area contributed by atoms with E-state index in [1.54, 1.807) is 18.2 Å². The number of fused-ring (bicyclic) bond motifs is 1. The van der Waals surface area contributed by atoms with Crippen molar-refractivity contribution in [2.24, 2.45) is 0 Å². The molecule has 3 heteroatoms. The average Bonchev–Trinajstić information content (AvgIpc) is 2.78. The Morgan fingerprint density at radius 1 is 1.21 bits per heavy atom. The van der Waals surface area contributed by atoms with E-state index in [0.717, 1.165) is 11.3 Å². The fourth-order valence-corrected chi connectivity index (χ4v) is 2.13. The second-order valence-electron chi connectivity index (χ2n) is 4.65. The first-order chi connectivity index (χ1) is 9.22. The largest absolute Gasteiger partial charge is 0.489 e. The van der Waals surface area contributed by atoms with Crippen LogP contribution in [0.15, 0.2) is 42.5 Å². The van der Waals surface area contributed by atoms with Crippen LogP contribution in [0.25, 0.3) is 0 Å². The fourth-order valence-electron chi connectivity index (χ4n) is 2.13. The van der Waals surface area contributed by atoms with E-state index in [-0.39, 0.29) is 12.4 Å². The summed E-state index contributed by atoms with van der Waals surface area (Å²) in [5.74, 6) is 1.36. The van der Waals surface area contributed by atoms with Crippen molar-refractivity contribution < 1.29 is 14.3 Å². The van der Waals surface area contributed by atoms with Crippen molar-refractivity contribution in [1.82, 2.24) is 0 Å². The van der Waals surface area contributed by atoms with E-state index in [1.807, 2.05) is 12.1 Å². The monoisotopic (exact) mass is 254 g/mol. The molecule has 0 amide bonds. The Kier molecular flexibility index (Phi) is 2.95. The molecule has 1 aliphatic heterocycles.